The van der Waals surface area contributed by atoms with Crippen LogP contribution in [0.25, 0.3) is 5.82 Å². The molecule has 2 atom stereocenters. The van der Waals surface area contributed by atoms with Gasteiger partial charge >= 0.3 is 0 Å². The zero-order valence-electron chi connectivity index (χ0n) is 18.0. The molecule has 1 saturated heterocycles. The van der Waals surface area contributed by atoms with Crippen LogP contribution in [0.4, 0.5) is 5.82 Å². The summed E-state index contributed by atoms with van der Waals surface area (Å²) >= 11 is 9.62. The van der Waals surface area contributed by atoms with E-state index in [9.17, 15) is 0 Å². The molecule has 8 nitrogen and oxygen atoms in total. The van der Waals surface area contributed by atoms with Crippen molar-refractivity contribution in [2.75, 3.05) is 24.5 Å². The lowest BCUT2D eigenvalue weighted by Gasteiger charge is -2.20. The molecule has 4 aromatic heterocycles. The van der Waals surface area contributed by atoms with Crippen LogP contribution in [0.15, 0.2) is 63.9 Å². The Morgan fingerprint density at radius 3 is 2.58 bits per heavy atom. The molecular formula is C22H23ClN8S2. The number of halogens is 1. The first kappa shape index (κ1) is 22.3. The Labute approximate surface area is 205 Å². The summed E-state index contributed by atoms with van der Waals surface area (Å²) in [5, 5.41) is 7.55. The van der Waals surface area contributed by atoms with Crippen molar-refractivity contribution in [1.82, 2.24) is 29.7 Å². The zero-order valence-corrected chi connectivity index (χ0v) is 20.3. The lowest BCUT2D eigenvalue weighted by Crippen LogP contribution is -2.26. The second-order valence-corrected chi connectivity index (χ2v) is 10.1. The molecule has 1 aliphatic carbocycles. The lowest BCUT2D eigenvalue weighted by atomic mass is 10.2. The minimum absolute atomic E-state index is 0.546. The van der Waals surface area contributed by atoms with Gasteiger partial charge in [0.05, 0.1) is 22.9 Å². The predicted octanol–water partition coefficient (Wildman–Crippen LogP) is 3.95. The van der Waals surface area contributed by atoms with Crippen molar-refractivity contribution in [3.8, 4) is 5.82 Å². The summed E-state index contributed by atoms with van der Waals surface area (Å²) in [6.45, 7) is 4.86. The highest BCUT2D eigenvalue weighted by Crippen LogP contribution is 2.51. The fourth-order valence-corrected chi connectivity index (χ4v) is 5.75. The highest BCUT2D eigenvalue weighted by Gasteiger charge is 2.54. The third kappa shape index (κ3) is 4.89. The summed E-state index contributed by atoms with van der Waals surface area (Å²) < 4.78 is 1.65. The van der Waals surface area contributed by atoms with Gasteiger partial charge in [-0.3, -0.25) is 4.98 Å². The van der Waals surface area contributed by atoms with Gasteiger partial charge < -0.3 is 10.6 Å². The lowest BCUT2D eigenvalue weighted by molar-refractivity contribution is 0.642. The highest BCUT2D eigenvalue weighted by atomic mass is 35.5. The van der Waals surface area contributed by atoms with Crippen molar-refractivity contribution in [3.63, 3.8) is 0 Å². The average molecular weight is 499 g/mol. The highest BCUT2D eigenvalue weighted by molar-refractivity contribution is 7.99. The van der Waals surface area contributed by atoms with Crippen LogP contribution in [-0.4, -0.2) is 49.4 Å². The van der Waals surface area contributed by atoms with Crippen molar-refractivity contribution < 1.29 is 0 Å². The van der Waals surface area contributed by atoms with Gasteiger partial charge in [0.1, 0.15) is 10.8 Å². The second kappa shape index (κ2) is 9.76. The summed E-state index contributed by atoms with van der Waals surface area (Å²) in [5.41, 5.74) is 8.73. The van der Waals surface area contributed by atoms with Gasteiger partial charge in [0, 0.05) is 47.6 Å². The number of pyridine rings is 1. The molecule has 0 spiro atoms. The maximum absolute atomic E-state index is 6.52. The van der Waals surface area contributed by atoms with Gasteiger partial charge in [-0.1, -0.05) is 23.4 Å². The molecule has 6 rings (SSSR count). The number of hydrogen-bond donors (Lipinski definition) is 1. The first-order valence-corrected chi connectivity index (χ1v) is 12.7. The maximum Gasteiger partial charge on any atom is 0.173 e. The monoisotopic (exact) mass is 498 g/mol. The van der Waals surface area contributed by atoms with Gasteiger partial charge in [0.15, 0.2) is 5.82 Å². The molecular weight excluding hydrogens is 476 g/mol. The number of hydrogen-bond acceptors (Lipinski definition) is 9. The van der Waals surface area contributed by atoms with E-state index < -0.39 is 0 Å². The smallest absolute Gasteiger partial charge is 0.173 e. The van der Waals surface area contributed by atoms with Gasteiger partial charge in [0.2, 0.25) is 0 Å². The maximum atomic E-state index is 6.52. The summed E-state index contributed by atoms with van der Waals surface area (Å²) in [7, 11) is 0. The van der Waals surface area contributed by atoms with Gasteiger partial charge in [-0.15, -0.1) is 11.3 Å². The number of piperidine rings is 1. The van der Waals surface area contributed by atoms with Crippen molar-refractivity contribution in [2.45, 2.75) is 16.8 Å². The Balaban J connectivity index is 0.000000332. The normalized spacial score (nSPS) is 20.8. The van der Waals surface area contributed by atoms with Crippen LogP contribution in [-0.2, 0) is 0 Å². The van der Waals surface area contributed by atoms with E-state index in [1.807, 2.05) is 42.3 Å². The molecule has 170 valence electrons. The van der Waals surface area contributed by atoms with Crippen molar-refractivity contribution in [3.05, 3.63) is 64.7 Å². The molecule has 33 heavy (non-hydrogen) atoms. The number of nitrogens with two attached hydrogens (primary N) is 1. The van der Waals surface area contributed by atoms with Crippen LogP contribution < -0.4 is 10.6 Å². The van der Waals surface area contributed by atoms with E-state index in [0.717, 1.165) is 52.9 Å². The largest absolute Gasteiger partial charge is 0.355 e. The molecule has 4 aromatic rings. The van der Waals surface area contributed by atoms with Crippen LogP contribution in [0.3, 0.4) is 0 Å². The molecule has 0 bridgehead atoms. The first-order chi connectivity index (χ1) is 16.1. The van der Waals surface area contributed by atoms with Crippen molar-refractivity contribution in [1.29, 1.82) is 0 Å². The molecule has 2 unspecified atom stereocenters. The number of aromatic nitrogens is 6. The van der Waals surface area contributed by atoms with E-state index in [1.54, 1.807) is 34.6 Å². The fraction of sp³-hybridized carbons (Fsp3) is 0.318. The molecule has 0 radical (unpaired) electrons. The Morgan fingerprint density at radius 2 is 2.00 bits per heavy atom. The van der Waals surface area contributed by atoms with E-state index in [0.29, 0.717) is 16.8 Å². The predicted molar refractivity (Wildman–Crippen MR) is 131 cm³/mol. The summed E-state index contributed by atoms with van der Waals surface area (Å²) in [6, 6.07) is 3.70. The number of anilines is 1. The third-order valence-electron chi connectivity index (χ3n) is 5.91. The van der Waals surface area contributed by atoms with E-state index in [1.165, 1.54) is 11.8 Å². The molecule has 1 saturated carbocycles. The van der Waals surface area contributed by atoms with Crippen molar-refractivity contribution in [2.24, 2.45) is 23.5 Å². The number of fused-ring (bicyclic) bond motifs is 1. The van der Waals surface area contributed by atoms with Crippen LogP contribution in [0.1, 0.15) is 5.69 Å². The van der Waals surface area contributed by atoms with Crippen LogP contribution in [0.5, 0.6) is 0 Å². The molecule has 1 aliphatic heterocycles. The van der Waals surface area contributed by atoms with Crippen LogP contribution in [0.2, 0.25) is 5.02 Å². The van der Waals surface area contributed by atoms with E-state index >= 15 is 0 Å². The van der Waals surface area contributed by atoms with E-state index in [4.69, 9.17) is 17.3 Å². The number of nitrogens with zero attached hydrogens (tertiary/aromatic N) is 7. The molecule has 0 aromatic carbocycles. The summed E-state index contributed by atoms with van der Waals surface area (Å²) in [4.78, 5) is 20.6. The van der Waals surface area contributed by atoms with Gasteiger partial charge in [-0.05, 0) is 43.4 Å². The van der Waals surface area contributed by atoms with E-state index in [2.05, 4.69) is 29.9 Å². The second-order valence-electron chi connectivity index (χ2n) is 7.97. The van der Waals surface area contributed by atoms with Gasteiger partial charge in [0.25, 0.3) is 0 Å². The SMILES string of the molecule is Cc1cscn1.NCC1C2CN(c3cnc(Sc4ccnc(-n5cccn5)c4Cl)cn3)CC12. The minimum Gasteiger partial charge on any atom is -0.355 e. The Morgan fingerprint density at radius 1 is 1.15 bits per heavy atom. The Bertz CT molecular complexity index is 1170. The van der Waals surface area contributed by atoms with Crippen LogP contribution >= 0.6 is 34.7 Å². The number of thiazole rings is 1. The Hall–Kier alpha value is -2.53. The quantitative estimate of drug-likeness (QED) is 0.441. The molecule has 11 heteroatoms. The fourth-order valence-electron chi connectivity index (χ4n) is 4.15. The summed E-state index contributed by atoms with van der Waals surface area (Å²) in [6.07, 6.45) is 8.87. The van der Waals surface area contributed by atoms with Gasteiger partial charge in [-0.25, -0.2) is 19.6 Å². The molecule has 2 aliphatic rings. The minimum atomic E-state index is 0.546. The van der Waals surface area contributed by atoms with Crippen LogP contribution in [0, 0.1) is 24.7 Å². The third-order valence-corrected chi connectivity index (χ3v) is 8.08. The number of aryl methyl sites for hydroxylation is 1. The summed E-state index contributed by atoms with van der Waals surface area (Å²) in [5.74, 6) is 3.72. The molecule has 0 amide bonds. The average Bonchev–Trinajstić information content (AvgIpc) is 3.37. The zero-order chi connectivity index (χ0) is 22.8. The molecule has 2 fully saturated rings. The van der Waals surface area contributed by atoms with Crippen molar-refractivity contribution >= 4 is 40.5 Å². The first-order valence-electron chi connectivity index (χ1n) is 10.6. The molecule has 2 N–H and O–H groups in total. The Kier molecular flexibility index (Phi) is 6.59. The number of rotatable bonds is 5. The standard InChI is InChI=1S/C18H18ClN7S.C4H5NS/c19-17-14(2-4-21-18(17)26-5-1-3-24-26)27-16-8-22-15(7-23-16)25-9-12-11(6-20)13(12)10-25;1-4-2-6-3-5-4/h1-5,7-8,11-13H,6,9-10,20H2;2-3H,1H3. The van der Waals surface area contributed by atoms with Gasteiger partial charge in [-0.2, -0.15) is 5.10 Å². The topological polar surface area (TPSA) is 98.6 Å². The van der Waals surface area contributed by atoms with E-state index in [-0.39, 0.29) is 0 Å². The molecule has 5 heterocycles.